The van der Waals surface area contributed by atoms with E-state index in [1.807, 2.05) is 6.07 Å². The molecule has 1 aromatic heterocycles. The van der Waals surface area contributed by atoms with Crippen LogP contribution in [0.25, 0.3) is 0 Å². The second-order valence-corrected chi connectivity index (χ2v) is 5.58. The molecule has 8 heteroatoms. The zero-order chi connectivity index (χ0) is 13.8. The molecule has 0 saturated heterocycles. The summed E-state index contributed by atoms with van der Waals surface area (Å²) in [7, 11) is 0. The van der Waals surface area contributed by atoms with E-state index in [1.165, 1.54) is 10.9 Å². The summed E-state index contributed by atoms with van der Waals surface area (Å²) in [6.07, 6.45) is 1.40. The zero-order valence-electron chi connectivity index (χ0n) is 9.58. The second-order valence-electron chi connectivity index (χ2n) is 3.60. The second kappa shape index (κ2) is 6.27. The zero-order valence-corrected chi connectivity index (χ0v) is 11.9. The lowest BCUT2D eigenvalue weighted by Gasteiger charge is -2.03. The minimum atomic E-state index is -1.08. The molecule has 2 aromatic rings. The van der Waals surface area contributed by atoms with Gasteiger partial charge < -0.3 is 5.11 Å². The van der Waals surface area contributed by atoms with Crippen LogP contribution in [0.1, 0.15) is 10.5 Å². The van der Waals surface area contributed by atoms with Gasteiger partial charge in [-0.25, -0.2) is 4.79 Å². The Morgan fingerprint density at radius 3 is 2.79 bits per heavy atom. The molecule has 0 unspecified atom stereocenters. The maximum absolute atomic E-state index is 10.6. The topological polar surface area (TPSA) is 68.0 Å². The number of nitrogens with zero attached hydrogens (tertiary/aromatic N) is 3. The standard InChI is InChI=1S/C11H9Cl2N3O2S/c12-8-2-1-7(5-9(8)13)19-4-3-16-6-10(11(17)18)14-15-16/h1-2,5-6H,3-4H2,(H,17,18). The van der Waals surface area contributed by atoms with Crippen molar-refractivity contribution in [3.8, 4) is 0 Å². The van der Waals surface area contributed by atoms with Crippen LogP contribution < -0.4 is 0 Å². The summed E-state index contributed by atoms with van der Waals surface area (Å²) >= 11 is 13.3. The van der Waals surface area contributed by atoms with Crippen LogP contribution in [0.3, 0.4) is 0 Å². The monoisotopic (exact) mass is 317 g/mol. The van der Waals surface area contributed by atoms with E-state index in [9.17, 15) is 4.79 Å². The van der Waals surface area contributed by atoms with Gasteiger partial charge in [-0.05, 0) is 18.2 Å². The van der Waals surface area contributed by atoms with E-state index in [0.717, 1.165) is 10.6 Å². The molecular formula is C11H9Cl2N3O2S. The Balaban J connectivity index is 1.88. The first kappa shape index (κ1) is 14.2. The van der Waals surface area contributed by atoms with E-state index in [1.54, 1.807) is 23.9 Å². The molecule has 5 nitrogen and oxygen atoms in total. The van der Waals surface area contributed by atoms with Gasteiger partial charge in [-0.2, -0.15) is 0 Å². The maximum Gasteiger partial charge on any atom is 0.358 e. The SMILES string of the molecule is O=C(O)c1cn(CCSc2ccc(Cl)c(Cl)c2)nn1. The number of benzene rings is 1. The van der Waals surface area contributed by atoms with Gasteiger partial charge in [0.2, 0.25) is 0 Å². The number of aromatic nitrogens is 3. The van der Waals surface area contributed by atoms with Gasteiger partial charge in [-0.3, -0.25) is 4.68 Å². The first-order valence-electron chi connectivity index (χ1n) is 5.27. The van der Waals surface area contributed by atoms with Crippen molar-refractivity contribution >= 4 is 40.9 Å². The van der Waals surface area contributed by atoms with Crippen molar-refractivity contribution in [1.29, 1.82) is 0 Å². The number of hydrogen-bond donors (Lipinski definition) is 1. The molecule has 0 amide bonds. The van der Waals surface area contributed by atoms with Crippen LogP contribution in [-0.4, -0.2) is 31.8 Å². The van der Waals surface area contributed by atoms with Crippen LogP contribution in [0, 0.1) is 0 Å². The van der Waals surface area contributed by atoms with Gasteiger partial charge >= 0.3 is 5.97 Å². The molecule has 0 radical (unpaired) electrons. The predicted octanol–water partition coefficient (Wildman–Crippen LogP) is 3.08. The van der Waals surface area contributed by atoms with Crippen molar-refractivity contribution in [2.75, 3.05) is 5.75 Å². The molecule has 1 heterocycles. The number of carboxylic acids is 1. The van der Waals surface area contributed by atoms with E-state index < -0.39 is 5.97 Å². The van der Waals surface area contributed by atoms with Gasteiger partial charge in [0.1, 0.15) is 0 Å². The van der Waals surface area contributed by atoms with Crippen molar-refractivity contribution in [3.05, 3.63) is 40.1 Å². The molecule has 0 bridgehead atoms. The molecule has 100 valence electrons. The molecule has 0 aliphatic rings. The smallest absolute Gasteiger partial charge is 0.358 e. The molecule has 0 spiro atoms. The van der Waals surface area contributed by atoms with E-state index in [2.05, 4.69) is 10.3 Å². The number of thioether (sulfide) groups is 1. The summed E-state index contributed by atoms with van der Waals surface area (Å²) < 4.78 is 1.49. The van der Waals surface area contributed by atoms with Gasteiger partial charge in [-0.1, -0.05) is 28.4 Å². The van der Waals surface area contributed by atoms with Crippen LogP contribution in [0.15, 0.2) is 29.3 Å². The fourth-order valence-corrected chi connectivity index (χ4v) is 2.57. The first-order valence-corrected chi connectivity index (χ1v) is 7.01. The number of rotatable bonds is 5. The quantitative estimate of drug-likeness (QED) is 0.858. The minimum Gasteiger partial charge on any atom is -0.476 e. The summed E-state index contributed by atoms with van der Waals surface area (Å²) in [5.41, 5.74) is -0.0560. The number of carboxylic acid groups (broad SMARTS) is 1. The lowest BCUT2D eigenvalue weighted by Crippen LogP contribution is -2.01. The lowest BCUT2D eigenvalue weighted by molar-refractivity contribution is 0.0690. The average Bonchev–Trinajstić information content (AvgIpc) is 2.83. The summed E-state index contributed by atoms with van der Waals surface area (Å²) in [6.45, 7) is 0.561. The molecule has 2 rings (SSSR count). The molecule has 1 N–H and O–H groups in total. The van der Waals surface area contributed by atoms with E-state index in [-0.39, 0.29) is 5.69 Å². The maximum atomic E-state index is 10.6. The summed E-state index contributed by atoms with van der Waals surface area (Å²) in [4.78, 5) is 11.6. The Hall–Kier alpha value is -1.24. The molecule has 0 atom stereocenters. The third kappa shape index (κ3) is 3.86. The summed E-state index contributed by atoms with van der Waals surface area (Å²) in [5.74, 6) is -0.358. The molecule has 0 aliphatic carbocycles. The van der Waals surface area contributed by atoms with E-state index >= 15 is 0 Å². The van der Waals surface area contributed by atoms with Gasteiger partial charge in [0.25, 0.3) is 0 Å². The highest BCUT2D eigenvalue weighted by Crippen LogP contribution is 2.27. The molecular weight excluding hydrogens is 309 g/mol. The number of hydrogen-bond acceptors (Lipinski definition) is 4. The molecule has 1 aromatic carbocycles. The van der Waals surface area contributed by atoms with Crippen LogP contribution >= 0.6 is 35.0 Å². The van der Waals surface area contributed by atoms with Crippen LogP contribution in [0.2, 0.25) is 10.0 Å². The Bertz CT molecular complexity index is 603. The van der Waals surface area contributed by atoms with Crippen molar-refractivity contribution in [3.63, 3.8) is 0 Å². The lowest BCUT2D eigenvalue weighted by atomic mass is 10.4. The highest BCUT2D eigenvalue weighted by atomic mass is 35.5. The van der Waals surface area contributed by atoms with Crippen LogP contribution in [0.4, 0.5) is 0 Å². The Labute approximate surface area is 123 Å². The minimum absolute atomic E-state index is 0.0560. The average molecular weight is 318 g/mol. The highest BCUT2D eigenvalue weighted by Gasteiger charge is 2.08. The third-order valence-corrected chi connectivity index (χ3v) is 3.95. The number of aromatic carboxylic acids is 1. The van der Waals surface area contributed by atoms with Gasteiger partial charge in [-0.15, -0.1) is 16.9 Å². The largest absolute Gasteiger partial charge is 0.476 e. The number of aryl methyl sites for hydroxylation is 1. The highest BCUT2D eigenvalue weighted by molar-refractivity contribution is 7.99. The van der Waals surface area contributed by atoms with Crippen LogP contribution in [-0.2, 0) is 6.54 Å². The fourth-order valence-electron chi connectivity index (χ4n) is 1.33. The Morgan fingerprint density at radius 2 is 2.16 bits per heavy atom. The summed E-state index contributed by atoms with van der Waals surface area (Å²) in [5, 5.41) is 17.0. The van der Waals surface area contributed by atoms with E-state index in [4.69, 9.17) is 28.3 Å². The molecule has 19 heavy (non-hydrogen) atoms. The molecule has 0 saturated carbocycles. The van der Waals surface area contributed by atoms with Gasteiger partial charge in [0.15, 0.2) is 5.69 Å². The van der Waals surface area contributed by atoms with E-state index in [0.29, 0.717) is 16.6 Å². The van der Waals surface area contributed by atoms with Crippen LogP contribution in [0.5, 0.6) is 0 Å². The number of halogens is 2. The van der Waals surface area contributed by atoms with Gasteiger partial charge in [0, 0.05) is 10.6 Å². The third-order valence-electron chi connectivity index (χ3n) is 2.24. The molecule has 0 aliphatic heterocycles. The van der Waals surface area contributed by atoms with Crippen molar-refractivity contribution in [2.45, 2.75) is 11.4 Å². The molecule has 0 fully saturated rings. The first-order chi connectivity index (χ1) is 9.06. The van der Waals surface area contributed by atoms with Crippen molar-refractivity contribution in [2.24, 2.45) is 0 Å². The Kier molecular flexibility index (Phi) is 4.68. The normalized spacial score (nSPS) is 10.6. The van der Waals surface area contributed by atoms with Crippen molar-refractivity contribution in [1.82, 2.24) is 15.0 Å². The van der Waals surface area contributed by atoms with Gasteiger partial charge in [0.05, 0.1) is 22.8 Å². The number of carbonyl (C=O) groups is 1. The van der Waals surface area contributed by atoms with Crippen molar-refractivity contribution < 1.29 is 9.90 Å². The fraction of sp³-hybridized carbons (Fsp3) is 0.182. The Morgan fingerprint density at radius 1 is 1.37 bits per heavy atom. The summed E-state index contributed by atoms with van der Waals surface area (Å²) in [6, 6.07) is 5.41. The predicted molar refractivity (Wildman–Crippen MR) is 74.2 cm³/mol.